The standard InChI is InChI=1S/C17H24N2O2/c1-13-9-15-11-16(21-17(15)10-14(13)2)12-19-5-3-18(4-6-19)7-8-20/h9-11,20H,3-8,12H2,1-2H3. The van der Waals surface area contributed by atoms with Crippen LogP contribution >= 0.6 is 0 Å². The van der Waals surface area contributed by atoms with Gasteiger partial charge in [0.05, 0.1) is 13.2 Å². The van der Waals surface area contributed by atoms with Crippen LogP contribution < -0.4 is 0 Å². The second kappa shape index (κ2) is 6.18. The molecule has 1 aromatic carbocycles. The normalized spacial score (nSPS) is 17.7. The highest BCUT2D eigenvalue weighted by Gasteiger charge is 2.17. The summed E-state index contributed by atoms with van der Waals surface area (Å²) in [5.74, 6) is 1.05. The number of piperazine rings is 1. The molecule has 1 saturated heterocycles. The lowest BCUT2D eigenvalue weighted by atomic mass is 10.1. The molecule has 2 aromatic rings. The third kappa shape index (κ3) is 3.28. The minimum Gasteiger partial charge on any atom is -0.460 e. The molecular formula is C17H24N2O2. The van der Waals surface area contributed by atoms with E-state index in [1.54, 1.807) is 0 Å². The number of β-amino-alcohol motifs (C(OH)–C–C–N with tert-alkyl or cyclic N) is 1. The number of aryl methyl sites for hydroxylation is 2. The molecule has 0 aliphatic carbocycles. The summed E-state index contributed by atoms with van der Waals surface area (Å²) in [4.78, 5) is 4.73. The molecule has 0 spiro atoms. The Morgan fingerprint density at radius 2 is 1.67 bits per heavy atom. The summed E-state index contributed by atoms with van der Waals surface area (Å²) in [6.07, 6.45) is 0. The maximum absolute atomic E-state index is 8.97. The van der Waals surface area contributed by atoms with Crippen LogP contribution in [0.15, 0.2) is 22.6 Å². The lowest BCUT2D eigenvalue weighted by Gasteiger charge is -2.33. The van der Waals surface area contributed by atoms with Crippen molar-refractivity contribution in [1.29, 1.82) is 0 Å². The van der Waals surface area contributed by atoms with E-state index in [2.05, 4.69) is 41.8 Å². The Kier molecular flexibility index (Phi) is 4.29. The minimum atomic E-state index is 0.252. The van der Waals surface area contributed by atoms with E-state index in [-0.39, 0.29) is 6.61 Å². The van der Waals surface area contributed by atoms with E-state index in [4.69, 9.17) is 9.52 Å². The Labute approximate surface area is 125 Å². The number of fused-ring (bicyclic) bond motifs is 1. The zero-order valence-electron chi connectivity index (χ0n) is 12.9. The molecule has 2 heterocycles. The van der Waals surface area contributed by atoms with Crippen molar-refractivity contribution in [2.45, 2.75) is 20.4 Å². The zero-order valence-corrected chi connectivity index (χ0v) is 12.9. The molecule has 3 rings (SSSR count). The lowest BCUT2D eigenvalue weighted by molar-refractivity contribution is 0.104. The predicted octanol–water partition coefficient (Wildman–Crippen LogP) is 2.16. The Morgan fingerprint density at radius 3 is 2.38 bits per heavy atom. The zero-order chi connectivity index (χ0) is 14.8. The van der Waals surface area contributed by atoms with Crippen molar-refractivity contribution in [2.24, 2.45) is 0 Å². The number of nitrogens with zero attached hydrogens (tertiary/aromatic N) is 2. The first kappa shape index (κ1) is 14.6. The number of hydrogen-bond acceptors (Lipinski definition) is 4. The van der Waals surface area contributed by atoms with Gasteiger partial charge in [-0.15, -0.1) is 0 Å². The van der Waals surface area contributed by atoms with E-state index in [0.29, 0.717) is 0 Å². The Morgan fingerprint density at radius 1 is 1.00 bits per heavy atom. The second-order valence-electron chi connectivity index (χ2n) is 6.03. The summed E-state index contributed by atoms with van der Waals surface area (Å²) in [5.41, 5.74) is 3.58. The van der Waals surface area contributed by atoms with Gasteiger partial charge < -0.3 is 9.52 Å². The van der Waals surface area contributed by atoms with Gasteiger partial charge in [0.15, 0.2) is 0 Å². The number of rotatable bonds is 4. The number of aliphatic hydroxyl groups is 1. The highest BCUT2D eigenvalue weighted by molar-refractivity contribution is 5.79. The van der Waals surface area contributed by atoms with E-state index < -0.39 is 0 Å². The SMILES string of the molecule is Cc1cc2cc(CN3CCN(CCO)CC3)oc2cc1C. The van der Waals surface area contributed by atoms with Crippen LogP contribution in [0.4, 0.5) is 0 Å². The van der Waals surface area contributed by atoms with Crippen molar-refractivity contribution in [3.8, 4) is 0 Å². The predicted molar refractivity (Wildman–Crippen MR) is 84.5 cm³/mol. The summed E-state index contributed by atoms with van der Waals surface area (Å²) in [7, 11) is 0. The molecule has 1 aliphatic heterocycles. The number of furan rings is 1. The molecule has 4 nitrogen and oxygen atoms in total. The summed E-state index contributed by atoms with van der Waals surface area (Å²) < 4.78 is 5.99. The number of benzene rings is 1. The Hall–Kier alpha value is -1.36. The van der Waals surface area contributed by atoms with Crippen LogP contribution in [0.25, 0.3) is 11.0 Å². The molecule has 0 amide bonds. The Bertz CT molecular complexity index is 574. The largest absolute Gasteiger partial charge is 0.460 e. The molecule has 114 valence electrons. The highest BCUT2D eigenvalue weighted by atomic mass is 16.3. The van der Waals surface area contributed by atoms with Crippen molar-refractivity contribution in [3.05, 3.63) is 35.1 Å². The van der Waals surface area contributed by atoms with Crippen molar-refractivity contribution in [3.63, 3.8) is 0 Å². The topological polar surface area (TPSA) is 39.9 Å². The minimum absolute atomic E-state index is 0.252. The van der Waals surface area contributed by atoms with Crippen LogP contribution in [-0.4, -0.2) is 54.2 Å². The van der Waals surface area contributed by atoms with Gasteiger partial charge in [0.25, 0.3) is 0 Å². The fraction of sp³-hybridized carbons (Fsp3) is 0.529. The fourth-order valence-corrected chi connectivity index (χ4v) is 2.97. The van der Waals surface area contributed by atoms with Crippen molar-refractivity contribution >= 4 is 11.0 Å². The van der Waals surface area contributed by atoms with Crippen LogP contribution in [0.1, 0.15) is 16.9 Å². The van der Waals surface area contributed by atoms with E-state index >= 15 is 0 Å². The average molecular weight is 288 g/mol. The van der Waals surface area contributed by atoms with Gasteiger partial charge in [0.1, 0.15) is 11.3 Å². The summed E-state index contributed by atoms with van der Waals surface area (Å²) >= 11 is 0. The molecular weight excluding hydrogens is 264 g/mol. The fourth-order valence-electron chi connectivity index (χ4n) is 2.97. The quantitative estimate of drug-likeness (QED) is 0.936. The van der Waals surface area contributed by atoms with E-state index in [0.717, 1.165) is 50.6 Å². The van der Waals surface area contributed by atoms with E-state index in [1.165, 1.54) is 16.5 Å². The van der Waals surface area contributed by atoms with Crippen LogP contribution in [0.2, 0.25) is 0 Å². The van der Waals surface area contributed by atoms with Gasteiger partial charge in [-0.1, -0.05) is 0 Å². The van der Waals surface area contributed by atoms with Crippen LogP contribution in [0.3, 0.4) is 0 Å². The van der Waals surface area contributed by atoms with Crippen LogP contribution in [0.5, 0.6) is 0 Å². The molecule has 0 bridgehead atoms. The molecule has 4 heteroatoms. The molecule has 0 radical (unpaired) electrons. The molecule has 21 heavy (non-hydrogen) atoms. The first-order valence-corrected chi connectivity index (χ1v) is 7.71. The number of hydrogen-bond donors (Lipinski definition) is 1. The molecule has 1 fully saturated rings. The molecule has 0 atom stereocenters. The highest BCUT2D eigenvalue weighted by Crippen LogP contribution is 2.24. The summed E-state index contributed by atoms with van der Waals surface area (Å²) in [6.45, 7) is 10.3. The first-order chi connectivity index (χ1) is 10.2. The van der Waals surface area contributed by atoms with Crippen molar-refractivity contribution < 1.29 is 9.52 Å². The molecule has 0 saturated carbocycles. The van der Waals surface area contributed by atoms with Gasteiger partial charge in [-0.05, 0) is 43.2 Å². The molecule has 1 aliphatic rings. The third-order valence-electron chi connectivity index (χ3n) is 4.44. The summed E-state index contributed by atoms with van der Waals surface area (Å²) in [5, 5.41) is 10.2. The molecule has 0 unspecified atom stereocenters. The third-order valence-corrected chi connectivity index (χ3v) is 4.44. The maximum atomic E-state index is 8.97. The van der Waals surface area contributed by atoms with Gasteiger partial charge in [0.2, 0.25) is 0 Å². The lowest BCUT2D eigenvalue weighted by Crippen LogP contribution is -2.46. The van der Waals surface area contributed by atoms with E-state index in [1.807, 2.05) is 0 Å². The average Bonchev–Trinajstić information content (AvgIpc) is 2.83. The van der Waals surface area contributed by atoms with Gasteiger partial charge >= 0.3 is 0 Å². The van der Waals surface area contributed by atoms with Crippen molar-refractivity contribution in [2.75, 3.05) is 39.3 Å². The molecule has 1 N–H and O–H groups in total. The van der Waals surface area contributed by atoms with Gasteiger partial charge in [-0.25, -0.2) is 0 Å². The summed E-state index contributed by atoms with van der Waals surface area (Å²) in [6, 6.07) is 6.51. The van der Waals surface area contributed by atoms with Gasteiger partial charge in [-0.2, -0.15) is 0 Å². The van der Waals surface area contributed by atoms with E-state index in [9.17, 15) is 0 Å². The monoisotopic (exact) mass is 288 g/mol. The Balaban J connectivity index is 1.66. The van der Waals surface area contributed by atoms with Crippen LogP contribution in [-0.2, 0) is 6.54 Å². The van der Waals surface area contributed by atoms with Crippen LogP contribution in [0, 0.1) is 13.8 Å². The maximum Gasteiger partial charge on any atom is 0.134 e. The number of aliphatic hydroxyl groups excluding tert-OH is 1. The smallest absolute Gasteiger partial charge is 0.134 e. The van der Waals surface area contributed by atoms with Gasteiger partial charge in [-0.3, -0.25) is 9.80 Å². The first-order valence-electron chi connectivity index (χ1n) is 7.71. The molecule has 1 aromatic heterocycles. The van der Waals surface area contributed by atoms with Crippen molar-refractivity contribution in [1.82, 2.24) is 9.80 Å². The second-order valence-corrected chi connectivity index (χ2v) is 6.03. The van der Waals surface area contributed by atoms with Gasteiger partial charge in [0, 0.05) is 38.1 Å².